The third-order valence-electron chi connectivity index (χ3n) is 4.32. The molecule has 1 amide bonds. The van der Waals surface area contributed by atoms with Crippen LogP contribution in [-0.4, -0.2) is 48.0 Å². The summed E-state index contributed by atoms with van der Waals surface area (Å²) in [4.78, 5) is 13.0. The highest BCUT2D eigenvalue weighted by Gasteiger charge is 2.32. The van der Waals surface area contributed by atoms with Crippen LogP contribution in [-0.2, 0) is 14.8 Å². The van der Waals surface area contributed by atoms with Crippen LogP contribution >= 0.6 is 0 Å². The molecule has 0 saturated heterocycles. The minimum absolute atomic E-state index is 0.267. The van der Waals surface area contributed by atoms with Crippen molar-refractivity contribution in [3.05, 3.63) is 42.5 Å². The van der Waals surface area contributed by atoms with E-state index in [9.17, 15) is 13.2 Å². The molecule has 2 aromatic rings. The van der Waals surface area contributed by atoms with Crippen LogP contribution in [0.15, 0.2) is 42.5 Å². The average Bonchev–Trinajstić information content (AvgIpc) is 2.71. The van der Waals surface area contributed by atoms with Crippen molar-refractivity contribution >= 4 is 27.3 Å². The van der Waals surface area contributed by atoms with E-state index in [1.54, 1.807) is 49.4 Å². The van der Waals surface area contributed by atoms with Crippen molar-refractivity contribution in [1.29, 1.82) is 0 Å². The summed E-state index contributed by atoms with van der Waals surface area (Å²) in [6, 6.07) is 10.5. The summed E-state index contributed by atoms with van der Waals surface area (Å²) in [5.41, 5.74) is 0.789. The number of nitrogens with zero attached hydrogens (tertiary/aromatic N) is 1. The fourth-order valence-electron chi connectivity index (χ4n) is 2.91. The highest BCUT2D eigenvalue weighted by molar-refractivity contribution is 7.92. The molecule has 1 unspecified atom stereocenters. The summed E-state index contributed by atoms with van der Waals surface area (Å²) < 4.78 is 41.7. The van der Waals surface area contributed by atoms with E-state index in [1.165, 1.54) is 21.3 Å². The van der Waals surface area contributed by atoms with Gasteiger partial charge >= 0.3 is 0 Å². The first-order valence-electron chi connectivity index (χ1n) is 8.91. The Morgan fingerprint density at radius 3 is 2.07 bits per heavy atom. The lowest BCUT2D eigenvalue weighted by atomic mass is 10.1. The van der Waals surface area contributed by atoms with E-state index in [0.29, 0.717) is 28.6 Å². The van der Waals surface area contributed by atoms with Crippen molar-refractivity contribution in [2.45, 2.75) is 19.4 Å². The maximum atomic E-state index is 13.0. The first kappa shape index (κ1) is 22.4. The quantitative estimate of drug-likeness (QED) is 0.668. The van der Waals surface area contributed by atoms with E-state index in [4.69, 9.17) is 14.2 Å². The predicted octanol–water partition coefficient (Wildman–Crippen LogP) is 2.90. The largest absolute Gasteiger partial charge is 0.497 e. The highest BCUT2D eigenvalue weighted by Crippen LogP contribution is 2.30. The molecule has 0 aliphatic rings. The van der Waals surface area contributed by atoms with E-state index in [1.807, 2.05) is 0 Å². The van der Waals surface area contributed by atoms with Gasteiger partial charge in [-0.25, -0.2) is 8.42 Å². The molecule has 0 aromatic heterocycles. The number of hydrogen-bond donors (Lipinski definition) is 1. The van der Waals surface area contributed by atoms with Gasteiger partial charge in [0.1, 0.15) is 23.3 Å². The van der Waals surface area contributed by atoms with Crippen molar-refractivity contribution < 1.29 is 27.4 Å². The first-order valence-corrected chi connectivity index (χ1v) is 10.8. The zero-order valence-electron chi connectivity index (χ0n) is 17.1. The number of carbonyl (C=O) groups is 1. The molecule has 29 heavy (non-hydrogen) atoms. The second kappa shape index (κ2) is 9.51. The normalized spacial score (nSPS) is 12.0. The van der Waals surface area contributed by atoms with E-state index in [0.717, 1.165) is 10.6 Å². The fourth-order valence-corrected chi connectivity index (χ4v) is 4.12. The molecule has 0 heterocycles. The molecule has 9 heteroatoms. The minimum Gasteiger partial charge on any atom is -0.497 e. The second-order valence-corrected chi connectivity index (χ2v) is 8.10. The molecular weight excluding hydrogens is 396 g/mol. The Labute approximate surface area is 171 Å². The molecule has 0 fully saturated rings. The van der Waals surface area contributed by atoms with E-state index in [2.05, 4.69) is 5.32 Å². The van der Waals surface area contributed by atoms with Crippen LogP contribution in [0, 0.1) is 0 Å². The van der Waals surface area contributed by atoms with Crippen LogP contribution in [0.1, 0.15) is 13.3 Å². The lowest BCUT2D eigenvalue weighted by Crippen LogP contribution is -2.47. The Morgan fingerprint density at radius 1 is 1.00 bits per heavy atom. The molecule has 1 N–H and O–H groups in total. The Kier molecular flexibility index (Phi) is 7.33. The molecule has 158 valence electrons. The number of benzene rings is 2. The average molecular weight is 423 g/mol. The lowest BCUT2D eigenvalue weighted by molar-refractivity contribution is -0.117. The number of ether oxygens (including phenoxy) is 3. The molecule has 0 aliphatic heterocycles. The van der Waals surface area contributed by atoms with Crippen LogP contribution in [0.4, 0.5) is 11.4 Å². The summed E-state index contributed by atoms with van der Waals surface area (Å²) in [6.07, 6.45) is 1.34. The van der Waals surface area contributed by atoms with Gasteiger partial charge in [0.15, 0.2) is 0 Å². The van der Waals surface area contributed by atoms with Crippen LogP contribution in [0.2, 0.25) is 0 Å². The predicted molar refractivity (Wildman–Crippen MR) is 113 cm³/mol. The third kappa shape index (κ3) is 5.32. The number of methoxy groups -OCH3 is 3. The number of sulfonamides is 1. The molecule has 0 aliphatic carbocycles. The Hall–Kier alpha value is -2.94. The maximum absolute atomic E-state index is 13.0. The van der Waals surface area contributed by atoms with E-state index in [-0.39, 0.29) is 6.42 Å². The summed E-state index contributed by atoms with van der Waals surface area (Å²) in [5.74, 6) is 1.09. The van der Waals surface area contributed by atoms with E-state index >= 15 is 0 Å². The van der Waals surface area contributed by atoms with Crippen molar-refractivity contribution in [3.63, 3.8) is 0 Å². The second-order valence-electron chi connectivity index (χ2n) is 6.24. The van der Waals surface area contributed by atoms with Crippen LogP contribution in [0.3, 0.4) is 0 Å². The van der Waals surface area contributed by atoms with Gasteiger partial charge in [-0.2, -0.15) is 0 Å². The summed E-state index contributed by atoms with van der Waals surface area (Å²) in [7, 11) is 0.790. The standard InChI is InChI=1S/C20H26N2O6S/c1-6-18(20(23)21-17-12-11-16(27-3)13-19(17)28-4)22(29(5,24)25)14-7-9-15(26-2)10-8-14/h7-13,18H,6H2,1-5H3,(H,21,23). The van der Waals surface area contributed by atoms with Gasteiger partial charge in [-0.3, -0.25) is 9.10 Å². The van der Waals surface area contributed by atoms with Gasteiger partial charge in [-0.15, -0.1) is 0 Å². The molecule has 2 aromatic carbocycles. The van der Waals surface area contributed by atoms with Crippen molar-refractivity contribution in [2.24, 2.45) is 0 Å². The van der Waals surface area contributed by atoms with Gasteiger partial charge in [0.2, 0.25) is 15.9 Å². The Bertz CT molecular complexity index is 944. The summed E-state index contributed by atoms with van der Waals surface area (Å²) in [5, 5.41) is 2.76. The zero-order valence-corrected chi connectivity index (χ0v) is 17.9. The molecular formula is C20H26N2O6S. The number of amides is 1. The van der Waals surface area contributed by atoms with Gasteiger partial charge in [0.25, 0.3) is 0 Å². The fraction of sp³-hybridized carbons (Fsp3) is 0.350. The van der Waals surface area contributed by atoms with Gasteiger partial charge in [-0.1, -0.05) is 6.92 Å². The molecule has 8 nitrogen and oxygen atoms in total. The van der Waals surface area contributed by atoms with Crippen molar-refractivity contribution in [2.75, 3.05) is 37.2 Å². The Balaban J connectivity index is 2.38. The maximum Gasteiger partial charge on any atom is 0.248 e. The minimum atomic E-state index is -3.73. The lowest BCUT2D eigenvalue weighted by Gasteiger charge is -2.30. The van der Waals surface area contributed by atoms with Crippen LogP contribution in [0.5, 0.6) is 17.2 Å². The molecule has 0 saturated carbocycles. The third-order valence-corrected chi connectivity index (χ3v) is 5.50. The SMILES string of the molecule is CCC(C(=O)Nc1ccc(OC)cc1OC)N(c1ccc(OC)cc1)S(C)(=O)=O. The van der Waals surface area contributed by atoms with Gasteiger partial charge in [0.05, 0.1) is 39.0 Å². The number of rotatable bonds is 9. The Morgan fingerprint density at radius 2 is 1.59 bits per heavy atom. The summed E-state index contributed by atoms with van der Waals surface area (Å²) in [6.45, 7) is 1.75. The van der Waals surface area contributed by atoms with Crippen LogP contribution < -0.4 is 23.8 Å². The van der Waals surface area contributed by atoms with Crippen LogP contribution in [0.25, 0.3) is 0 Å². The number of carbonyl (C=O) groups excluding carboxylic acids is 1. The highest BCUT2D eigenvalue weighted by atomic mass is 32.2. The topological polar surface area (TPSA) is 94.2 Å². The molecule has 1 atom stereocenters. The van der Waals surface area contributed by atoms with Gasteiger partial charge in [0, 0.05) is 6.07 Å². The number of anilines is 2. The first-order chi connectivity index (χ1) is 13.7. The number of nitrogens with one attached hydrogen (secondary N) is 1. The van der Waals surface area contributed by atoms with Gasteiger partial charge < -0.3 is 19.5 Å². The summed E-state index contributed by atoms with van der Waals surface area (Å²) >= 11 is 0. The monoisotopic (exact) mass is 422 g/mol. The van der Waals surface area contributed by atoms with E-state index < -0.39 is 22.0 Å². The van der Waals surface area contributed by atoms with Crippen molar-refractivity contribution in [1.82, 2.24) is 0 Å². The molecule has 0 bridgehead atoms. The van der Waals surface area contributed by atoms with Crippen molar-refractivity contribution in [3.8, 4) is 17.2 Å². The molecule has 2 rings (SSSR count). The smallest absolute Gasteiger partial charge is 0.248 e. The zero-order chi connectivity index (χ0) is 21.6. The molecule has 0 radical (unpaired) electrons. The number of hydrogen-bond acceptors (Lipinski definition) is 6. The molecule has 0 spiro atoms. The van der Waals surface area contributed by atoms with Gasteiger partial charge in [-0.05, 0) is 42.8 Å².